The first-order valence-corrected chi connectivity index (χ1v) is 6.79. The fraction of sp³-hybridized carbons (Fsp3) is 0.667. The smallest absolute Gasteiger partial charge is 0.294 e. The van der Waals surface area contributed by atoms with Crippen molar-refractivity contribution in [3.05, 3.63) is 5.01 Å². The normalized spacial score (nSPS) is 10.6. The van der Waals surface area contributed by atoms with Gasteiger partial charge in [-0.15, -0.1) is 5.10 Å². The molecule has 0 aliphatic carbocycles. The summed E-state index contributed by atoms with van der Waals surface area (Å²) in [6.07, 6.45) is 0. The molecule has 8 heteroatoms. The molecule has 0 fully saturated rings. The number of aromatic nitrogens is 2. The highest BCUT2D eigenvalue weighted by atomic mass is 35.5. The number of carbonyl (C=O) groups is 1. The van der Waals surface area contributed by atoms with Crippen LogP contribution >= 0.6 is 34.5 Å². The predicted octanol–water partition coefficient (Wildman–Crippen LogP) is 2.26. The number of hydrogen-bond acceptors (Lipinski definition) is 5. The largest absolute Gasteiger partial charge is 0.459 e. The summed E-state index contributed by atoms with van der Waals surface area (Å²) < 4.78 is 5.22. The van der Waals surface area contributed by atoms with Gasteiger partial charge in [-0.05, 0) is 13.8 Å². The van der Waals surface area contributed by atoms with Gasteiger partial charge in [0.2, 0.25) is 0 Å². The first-order valence-electron chi connectivity index (χ1n) is 5.10. The molecule has 0 spiro atoms. The number of carbonyl (C=O) groups excluding carboxylic acids is 1. The summed E-state index contributed by atoms with van der Waals surface area (Å²) in [4.78, 5) is 12.6. The van der Waals surface area contributed by atoms with Gasteiger partial charge in [0.25, 0.3) is 11.1 Å². The van der Waals surface area contributed by atoms with Crippen LogP contribution < -0.4 is 4.74 Å². The third-order valence-corrected chi connectivity index (χ3v) is 3.62. The van der Waals surface area contributed by atoms with E-state index in [-0.39, 0.29) is 12.5 Å². The number of halogens is 2. The minimum absolute atomic E-state index is 0.0500. The predicted molar refractivity (Wildman–Crippen MR) is 67.8 cm³/mol. The standard InChI is InChI=1S/C9H13Cl2N3O2S/c1-3-14(4-2)6(15)5-16-9-13-12-8(17-9)7(10)11/h7H,3-5H2,1-2H3. The average Bonchev–Trinajstić information content (AvgIpc) is 2.76. The van der Waals surface area contributed by atoms with Crippen LogP contribution in [0.25, 0.3) is 0 Å². The van der Waals surface area contributed by atoms with Gasteiger partial charge >= 0.3 is 0 Å². The molecule has 1 aromatic rings. The molecule has 0 unspecified atom stereocenters. The summed E-state index contributed by atoms with van der Waals surface area (Å²) >= 11 is 12.4. The van der Waals surface area contributed by atoms with Crippen molar-refractivity contribution < 1.29 is 9.53 Å². The van der Waals surface area contributed by atoms with E-state index in [1.165, 1.54) is 0 Å². The highest BCUT2D eigenvalue weighted by Crippen LogP contribution is 2.30. The van der Waals surface area contributed by atoms with Gasteiger partial charge < -0.3 is 9.64 Å². The van der Waals surface area contributed by atoms with Crippen LogP contribution in [0.3, 0.4) is 0 Å². The zero-order valence-corrected chi connectivity index (χ0v) is 11.8. The highest BCUT2D eigenvalue weighted by Gasteiger charge is 2.14. The zero-order valence-electron chi connectivity index (χ0n) is 9.52. The van der Waals surface area contributed by atoms with Gasteiger partial charge in [-0.25, -0.2) is 0 Å². The van der Waals surface area contributed by atoms with E-state index < -0.39 is 4.84 Å². The molecule has 0 aliphatic heterocycles. The third kappa shape index (κ3) is 4.29. The summed E-state index contributed by atoms with van der Waals surface area (Å²) in [5, 5.41) is 8.22. The van der Waals surface area contributed by atoms with Crippen molar-refractivity contribution >= 4 is 40.4 Å². The molecule has 1 heterocycles. The average molecular weight is 298 g/mol. The molecule has 0 saturated carbocycles. The maximum absolute atomic E-state index is 11.6. The maximum atomic E-state index is 11.6. The molecule has 0 bridgehead atoms. The molecule has 1 rings (SSSR count). The zero-order chi connectivity index (χ0) is 12.8. The van der Waals surface area contributed by atoms with E-state index in [2.05, 4.69) is 10.2 Å². The number of hydrogen-bond donors (Lipinski definition) is 0. The van der Waals surface area contributed by atoms with E-state index in [9.17, 15) is 4.79 Å². The van der Waals surface area contributed by atoms with Crippen LogP contribution in [0.2, 0.25) is 0 Å². The number of rotatable bonds is 6. The summed E-state index contributed by atoms with van der Waals surface area (Å²) in [6.45, 7) is 5.09. The molecule has 17 heavy (non-hydrogen) atoms. The second-order valence-corrected chi connectivity index (χ2v) is 5.13. The number of nitrogens with zero attached hydrogens (tertiary/aromatic N) is 3. The van der Waals surface area contributed by atoms with Crippen LogP contribution in [-0.4, -0.2) is 40.7 Å². The van der Waals surface area contributed by atoms with E-state index in [0.29, 0.717) is 23.3 Å². The fourth-order valence-corrected chi connectivity index (χ4v) is 2.06. The molecule has 5 nitrogen and oxygen atoms in total. The van der Waals surface area contributed by atoms with Crippen LogP contribution in [-0.2, 0) is 4.79 Å². The van der Waals surface area contributed by atoms with Crippen LogP contribution in [0.1, 0.15) is 23.7 Å². The van der Waals surface area contributed by atoms with E-state index in [0.717, 1.165) is 11.3 Å². The van der Waals surface area contributed by atoms with Gasteiger partial charge in [-0.3, -0.25) is 4.79 Å². The Morgan fingerprint density at radius 2 is 2.06 bits per heavy atom. The summed E-state index contributed by atoms with van der Waals surface area (Å²) in [5.74, 6) is -0.0833. The van der Waals surface area contributed by atoms with Crippen molar-refractivity contribution in [1.82, 2.24) is 15.1 Å². The summed E-state index contributed by atoms with van der Waals surface area (Å²) in [6, 6.07) is 0. The van der Waals surface area contributed by atoms with Gasteiger partial charge in [0.15, 0.2) is 16.5 Å². The molecule has 0 aliphatic rings. The van der Waals surface area contributed by atoms with Crippen molar-refractivity contribution in [2.75, 3.05) is 19.7 Å². The Labute approximate surface area is 114 Å². The Morgan fingerprint density at radius 1 is 1.41 bits per heavy atom. The molecule has 1 aromatic heterocycles. The SMILES string of the molecule is CCN(CC)C(=O)COc1nnc(C(Cl)Cl)s1. The second-order valence-electron chi connectivity index (χ2n) is 3.06. The quantitative estimate of drug-likeness (QED) is 0.756. The first kappa shape index (κ1) is 14.5. The third-order valence-electron chi connectivity index (χ3n) is 2.04. The maximum Gasteiger partial charge on any atom is 0.294 e. The van der Waals surface area contributed by atoms with Crippen LogP contribution in [0.5, 0.6) is 5.19 Å². The Morgan fingerprint density at radius 3 is 2.53 bits per heavy atom. The van der Waals surface area contributed by atoms with Gasteiger partial charge in [-0.2, -0.15) is 0 Å². The first-order chi connectivity index (χ1) is 8.08. The molecule has 96 valence electrons. The number of ether oxygens (including phenoxy) is 1. The lowest BCUT2D eigenvalue weighted by Crippen LogP contribution is -2.34. The van der Waals surface area contributed by atoms with Crippen molar-refractivity contribution in [2.24, 2.45) is 0 Å². The topological polar surface area (TPSA) is 55.3 Å². The highest BCUT2D eigenvalue weighted by molar-refractivity contribution is 7.13. The summed E-state index contributed by atoms with van der Waals surface area (Å²) in [7, 11) is 0. The number of likely N-dealkylation sites (N-methyl/N-ethyl adjacent to an activating group) is 1. The minimum atomic E-state index is -0.719. The van der Waals surface area contributed by atoms with E-state index in [4.69, 9.17) is 27.9 Å². The van der Waals surface area contributed by atoms with Crippen molar-refractivity contribution in [1.29, 1.82) is 0 Å². The molecule has 0 N–H and O–H groups in total. The Kier molecular flexibility index (Phi) is 5.94. The van der Waals surface area contributed by atoms with Crippen molar-refractivity contribution in [3.63, 3.8) is 0 Å². The minimum Gasteiger partial charge on any atom is -0.459 e. The van der Waals surface area contributed by atoms with Crippen molar-refractivity contribution in [3.8, 4) is 5.19 Å². The lowest BCUT2D eigenvalue weighted by molar-refractivity contribution is -0.132. The van der Waals surface area contributed by atoms with E-state index >= 15 is 0 Å². The molecule has 0 atom stereocenters. The molecular weight excluding hydrogens is 285 g/mol. The lowest BCUT2D eigenvalue weighted by atomic mass is 10.5. The summed E-state index contributed by atoms with van der Waals surface area (Å²) in [5.41, 5.74) is 0. The molecule has 1 amide bonds. The Hall–Kier alpha value is -0.590. The van der Waals surface area contributed by atoms with E-state index in [1.807, 2.05) is 13.8 Å². The van der Waals surface area contributed by atoms with Crippen LogP contribution in [0, 0.1) is 0 Å². The van der Waals surface area contributed by atoms with Crippen LogP contribution in [0.15, 0.2) is 0 Å². The molecular formula is C9H13Cl2N3O2S. The van der Waals surface area contributed by atoms with Gasteiger partial charge in [-0.1, -0.05) is 39.6 Å². The van der Waals surface area contributed by atoms with Crippen LogP contribution in [0.4, 0.5) is 0 Å². The molecule has 0 saturated heterocycles. The number of alkyl halides is 2. The lowest BCUT2D eigenvalue weighted by Gasteiger charge is -2.17. The fourth-order valence-electron chi connectivity index (χ4n) is 1.16. The van der Waals surface area contributed by atoms with Gasteiger partial charge in [0, 0.05) is 13.1 Å². The Bertz CT molecular complexity index is 369. The monoisotopic (exact) mass is 297 g/mol. The number of amides is 1. The van der Waals surface area contributed by atoms with Crippen molar-refractivity contribution in [2.45, 2.75) is 18.7 Å². The molecule has 0 radical (unpaired) electrons. The van der Waals surface area contributed by atoms with E-state index in [1.54, 1.807) is 4.90 Å². The Balaban J connectivity index is 2.47. The second kappa shape index (κ2) is 6.98. The molecule has 0 aromatic carbocycles. The van der Waals surface area contributed by atoms with Gasteiger partial charge in [0.05, 0.1) is 0 Å². The van der Waals surface area contributed by atoms with Gasteiger partial charge in [0.1, 0.15) is 0 Å².